The monoisotopic (exact) mass is 291 g/mol. The van der Waals surface area contributed by atoms with E-state index in [1.807, 2.05) is 31.2 Å². The first-order chi connectivity index (χ1) is 9.72. The standard InChI is InChI=1S/C14H17N3O2S/c1-2-19-11-5-3-4-10(6-11)8-16-14(18)12-9-20-13(7-15)17-12/h3-6,9H,2,7-8,15H2,1H3,(H,16,18). The summed E-state index contributed by atoms with van der Waals surface area (Å²) in [6.45, 7) is 3.35. The Morgan fingerprint density at radius 1 is 1.50 bits per heavy atom. The molecule has 0 unspecified atom stereocenters. The van der Waals surface area contributed by atoms with Gasteiger partial charge < -0.3 is 15.8 Å². The van der Waals surface area contributed by atoms with E-state index in [1.54, 1.807) is 5.38 Å². The van der Waals surface area contributed by atoms with Crippen molar-refractivity contribution in [2.75, 3.05) is 6.61 Å². The Morgan fingerprint density at radius 3 is 3.05 bits per heavy atom. The van der Waals surface area contributed by atoms with Crippen molar-refractivity contribution in [1.29, 1.82) is 0 Å². The number of nitrogens with two attached hydrogens (primary N) is 1. The number of nitrogens with one attached hydrogen (secondary N) is 1. The minimum absolute atomic E-state index is 0.192. The molecular weight excluding hydrogens is 274 g/mol. The molecule has 1 aromatic carbocycles. The van der Waals surface area contributed by atoms with Crippen LogP contribution >= 0.6 is 11.3 Å². The molecular formula is C14H17N3O2S. The summed E-state index contributed by atoms with van der Waals surface area (Å²) in [6.07, 6.45) is 0. The maximum Gasteiger partial charge on any atom is 0.271 e. The molecule has 0 aliphatic rings. The second-order valence-electron chi connectivity index (χ2n) is 4.09. The number of ether oxygens (including phenoxy) is 1. The van der Waals surface area contributed by atoms with E-state index in [-0.39, 0.29) is 5.91 Å². The van der Waals surface area contributed by atoms with E-state index < -0.39 is 0 Å². The zero-order chi connectivity index (χ0) is 14.4. The first-order valence-corrected chi connectivity index (χ1v) is 7.25. The number of thiazole rings is 1. The summed E-state index contributed by atoms with van der Waals surface area (Å²) in [6, 6.07) is 7.65. The molecule has 0 saturated carbocycles. The van der Waals surface area contributed by atoms with E-state index in [9.17, 15) is 4.79 Å². The van der Waals surface area contributed by atoms with Crippen LogP contribution in [0.3, 0.4) is 0 Å². The number of hydrogen-bond acceptors (Lipinski definition) is 5. The Labute approximate surface area is 121 Å². The third kappa shape index (κ3) is 3.79. The van der Waals surface area contributed by atoms with Crippen LogP contribution in [0.5, 0.6) is 5.75 Å². The van der Waals surface area contributed by atoms with Crippen molar-refractivity contribution in [3.63, 3.8) is 0 Å². The number of carbonyl (C=O) groups is 1. The van der Waals surface area contributed by atoms with E-state index in [2.05, 4.69) is 10.3 Å². The molecule has 3 N–H and O–H groups in total. The lowest BCUT2D eigenvalue weighted by molar-refractivity contribution is 0.0946. The molecule has 6 heteroatoms. The fraction of sp³-hybridized carbons (Fsp3) is 0.286. The average Bonchev–Trinajstić information content (AvgIpc) is 2.94. The van der Waals surface area contributed by atoms with Gasteiger partial charge in [0, 0.05) is 18.5 Å². The molecule has 0 aliphatic carbocycles. The zero-order valence-electron chi connectivity index (χ0n) is 11.3. The van der Waals surface area contributed by atoms with Crippen molar-refractivity contribution in [2.24, 2.45) is 5.73 Å². The van der Waals surface area contributed by atoms with Crippen molar-refractivity contribution in [3.05, 3.63) is 45.9 Å². The van der Waals surface area contributed by atoms with Gasteiger partial charge in [-0.2, -0.15) is 0 Å². The van der Waals surface area contributed by atoms with Gasteiger partial charge in [-0.1, -0.05) is 12.1 Å². The summed E-state index contributed by atoms with van der Waals surface area (Å²) in [7, 11) is 0. The fourth-order valence-electron chi connectivity index (χ4n) is 1.69. The predicted molar refractivity (Wildman–Crippen MR) is 78.8 cm³/mol. The molecule has 1 heterocycles. The molecule has 0 fully saturated rings. The summed E-state index contributed by atoms with van der Waals surface area (Å²) in [5.41, 5.74) is 6.87. The molecule has 2 rings (SSSR count). The maximum absolute atomic E-state index is 11.9. The summed E-state index contributed by atoms with van der Waals surface area (Å²) in [4.78, 5) is 16.1. The van der Waals surface area contributed by atoms with Crippen LogP contribution in [0.15, 0.2) is 29.6 Å². The summed E-state index contributed by atoms with van der Waals surface area (Å²) in [5, 5.41) is 5.31. The van der Waals surface area contributed by atoms with Crippen LogP contribution in [-0.2, 0) is 13.1 Å². The van der Waals surface area contributed by atoms with Crippen LogP contribution in [0.1, 0.15) is 28.0 Å². The fourth-order valence-corrected chi connectivity index (χ4v) is 2.35. The highest BCUT2D eigenvalue weighted by molar-refractivity contribution is 7.09. The number of carbonyl (C=O) groups excluding carboxylic acids is 1. The highest BCUT2D eigenvalue weighted by Crippen LogP contribution is 2.13. The molecule has 0 radical (unpaired) electrons. The smallest absolute Gasteiger partial charge is 0.271 e. The Hall–Kier alpha value is -1.92. The lowest BCUT2D eigenvalue weighted by Crippen LogP contribution is -2.23. The molecule has 0 aliphatic heterocycles. The second-order valence-corrected chi connectivity index (χ2v) is 5.04. The topological polar surface area (TPSA) is 77.2 Å². The molecule has 0 bridgehead atoms. The lowest BCUT2D eigenvalue weighted by Gasteiger charge is -2.07. The Morgan fingerprint density at radius 2 is 2.35 bits per heavy atom. The highest BCUT2D eigenvalue weighted by atomic mass is 32.1. The molecule has 2 aromatic rings. The first-order valence-electron chi connectivity index (χ1n) is 6.37. The normalized spacial score (nSPS) is 10.3. The predicted octanol–water partition coefficient (Wildman–Crippen LogP) is 1.93. The third-order valence-corrected chi connectivity index (χ3v) is 3.49. The molecule has 0 spiro atoms. The number of benzene rings is 1. The molecule has 106 valence electrons. The van der Waals surface area contributed by atoms with Crippen LogP contribution < -0.4 is 15.8 Å². The van der Waals surface area contributed by atoms with Crippen LogP contribution in [0, 0.1) is 0 Å². The maximum atomic E-state index is 11.9. The third-order valence-electron chi connectivity index (χ3n) is 2.62. The lowest BCUT2D eigenvalue weighted by atomic mass is 10.2. The SMILES string of the molecule is CCOc1cccc(CNC(=O)c2csc(CN)n2)c1. The quantitative estimate of drug-likeness (QED) is 0.852. The highest BCUT2D eigenvalue weighted by Gasteiger charge is 2.09. The minimum Gasteiger partial charge on any atom is -0.494 e. The van der Waals surface area contributed by atoms with Gasteiger partial charge in [0.2, 0.25) is 0 Å². The summed E-state index contributed by atoms with van der Waals surface area (Å²) in [5.74, 6) is 0.612. The molecule has 0 atom stereocenters. The summed E-state index contributed by atoms with van der Waals surface area (Å²) < 4.78 is 5.42. The van der Waals surface area contributed by atoms with E-state index in [0.717, 1.165) is 16.3 Å². The number of rotatable bonds is 6. The van der Waals surface area contributed by atoms with Gasteiger partial charge in [-0.25, -0.2) is 4.98 Å². The van der Waals surface area contributed by atoms with Gasteiger partial charge in [0.15, 0.2) is 0 Å². The van der Waals surface area contributed by atoms with Gasteiger partial charge >= 0.3 is 0 Å². The molecule has 0 saturated heterocycles. The number of nitrogens with zero attached hydrogens (tertiary/aromatic N) is 1. The van der Waals surface area contributed by atoms with Crippen LogP contribution in [0.25, 0.3) is 0 Å². The van der Waals surface area contributed by atoms with Gasteiger partial charge in [-0.3, -0.25) is 4.79 Å². The minimum atomic E-state index is -0.192. The van der Waals surface area contributed by atoms with E-state index in [4.69, 9.17) is 10.5 Å². The average molecular weight is 291 g/mol. The zero-order valence-corrected chi connectivity index (χ0v) is 12.1. The van der Waals surface area contributed by atoms with Crippen molar-refractivity contribution < 1.29 is 9.53 Å². The summed E-state index contributed by atoms with van der Waals surface area (Å²) >= 11 is 1.39. The van der Waals surface area contributed by atoms with Crippen molar-refractivity contribution in [2.45, 2.75) is 20.0 Å². The Bertz CT molecular complexity index is 583. The number of aromatic nitrogens is 1. The molecule has 1 aromatic heterocycles. The number of hydrogen-bond donors (Lipinski definition) is 2. The Kier molecular flexibility index (Phi) is 5.09. The van der Waals surface area contributed by atoms with Crippen molar-refractivity contribution in [1.82, 2.24) is 10.3 Å². The van der Waals surface area contributed by atoms with Gasteiger partial charge in [0.05, 0.1) is 6.61 Å². The van der Waals surface area contributed by atoms with Crippen molar-refractivity contribution in [3.8, 4) is 5.75 Å². The molecule has 5 nitrogen and oxygen atoms in total. The van der Waals surface area contributed by atoms with Crippen LogP contribution in [0.2, 0.25) is 0 Å². The Balaban J connectivity index is 1.94. The van der Waals surface area contributed by atoms with Gasteiger partial charge in [-0.05, 0) is 24.6 Å². The van der Waals surface area contributed by atoms with E-state index >= 15 is 0 Å². The van der Waals surface area contributed by atoms with E-state index in [1.165, 1.54) is 11.3 Å². The van der Waals surface area contributed by atoms with Crippen LogP contribution in [0.4, 0.5) is 0 Å². The number of amides is 1. The molecule has 20 heavy (non-hydrogen) atoms. The van der Waals surface area contributed by atoms with Crippen molar-refractivity contribution >= 4 is 17.2 Å². The van der Waals surface area contributed by atoms with Gasteiger partial charge in [0.1, 0.15) is 16.5 Å². The van der Waals surface area contributed by atoms with Gasteiger partial charge in [-0.15, -0.1) is 11.3 Å². The second kappa shape index (κ2) is 7.02. The van der Waals surface area contributed by atoms with E-state index in [0.29, 0.717) is 25.4 Å². The van der Waals surface area contributed by atoms with Gasteiger partial charge in [0.25, 0.3) is 5.91 Å². The first kappa shape index (κ1) is 14.5. The molecule has 1 amide bonds. The van der Waals surface area contributed by atoms with Crippen LogP contribution in [-0.4, -0.2) is 17.5 Å². The largest absolute Gasteiger partial charge is 0.494 e.